The molecule has 1 saturated heterocycles. The fourth-order valence-corrected chi connectivity index (χ4v) is 4.89. The molecule has 1 amide bonds. The Labute approximate surface area is 201 Å². The van der Waals surface area contributed by atoms with Crippen molar-refractivity contribution in [1.82, 2.24) is 19.7 Å². The van der Waals surface area contributed by atoms with E-state index in [-0.39, 0.29) is 5.91 Å². The normalized spacial score (nSPS) is 15.0. The van der Waals surface area contributed by atoms with Crippen molar-refractivity contribution in [3.05, 3.63) is 60.2 Å². The van der Waals surface area contributed by atoms with E-state index in [4.69, 9.17) is 0 Å². The number of alkyl halides is 3. The van der Waals surface area contributed by atoms with Crippen LogP contribution in [-0.4, -0.2) is 44.4 Å². The molecule has 0 atom stereocenters. The number of rotatable bonds is 7. The van der Waals surface area contributed by atoms with Gasteiger partial charge in [-0.25, -0.2) is 0 Å². The SMILES string of the molecule is CC1CCN(C(=O)CCCSc2nnc(-c3ccccc3)n2-c2cccc(C(F)(F)F)c2)CC1. The van der Waals surface area contributed by atoms with Gasteiger partial charge >= 0.3 is 6.18 Å². The number of piperidine rings is 1. The first kappa shape index (κ1) is 24.3. The summed E-state index contributed by atoms with van der Waals surface area (Å²) >= 11 is 1.40. The molecule has 2 heterocycles. The Morgan fingerprint density at radius 1 is 1.06 bits per heavy atom. The second kappa shape index (κ2) is 10.6. The molecular formula is C25H27F3N4OS. The first-order valence-corrected chi connectivity index (χ1v) is 12.4. The molecule has 0 bridgehead atoms. The molecule has 0 spiro atoms. The lowest BCUT2D eigenvalue weighted by atomic mass is 9.99. The van der Waals surface area contributed by atoms with Gasteiger partial charge in [0.25, 0.3) is 0 Å². The monoisotopic (exact) mass is 488 g/mol. The second-order valence-electron chi connectivity index (χ2n) is 8.57. The topological polar surface area (TPSA) is 51.0 Å². The third kappa shape index (κ3) is 5.81. The number of benzene rings is 2. The summed E-state index contributed by atoms with van der Waals surface area (Å²) in [6.45, 7) is 3.84. The number of halogens is 3. The molecule has 1 aliphatic heterocycles. The van der Waals surface area contributed by atoms with Crippen LogP contribution in [0.1, 0.15) is 38.2 Å². The molecule has 0 aliphatic carbocycles. The van der Waals surface area contributed by atoms with Crippen molar-refractivity contribution in [3.8, 4) is 17.1 Å². The quantitative estimate of drug-likeness (QED) is 0.299. The van der Waals surface area contributed by atoms with Gasteiger partial charge in [0.2, 0.25) is 5.91 Å². The van der Waals surface area contributed by atoms with Crippen LogP contribution in [0.4, 0.5) is 13.2 Å². The van der Waals surface area contributed by atoms with Gasteiger partial charge in [-0.3, -0.25) is 9.36 Å². The van der Waals surface area contributed by atoms with Gasteiger partial charge in [-0.15, -0.1) is 10.2 Å². The second-order valence-corrected chi connectivity index (χ2v) is 9.63. The van der Waals surface area contributed by atoms with Crippen molar-refractivity contribution in [2.75, 3.05) is 18.8 Å². The van der Waals surface area contributed by atoms with Crippen LogP contribution in [0.5, 0.6) is 0 Å². The smallest absolute Gasteiger partial charge is 0.343 e. The van der Waals surface area contributed by atoms with Crippen LogP contribution in [0.2, 0.25) is 0 Å². The molecule has 0 saturated carbocycles. The summed E-state index contributed by atoms with van der Waals surface area (Å²) in [5, 5.41) is 9.06. The highest BCUT2D eigenvalue weighted by Gasteiger charge is 2.31. The van der Waals surface area contributed by atoms with Gasteiger partial charge in [-0.1, -0.05) is 55.1 Å². The molecule has 2 aromatic carbocycles. The number of hydrogen-bond donors (Lipinski definition) is 0. The molecule has 34 heavy (non-hydrogen) atoms. The minimum atomic E-state index is -4.45. The molecule has 4 rings (SSSR count). The Balaban J connectivity index is 1.51. The van der Waals surface area contributed by atoms with Gasteiger partial charge in [0.15, 0.2) is 11.0 Å². The van der Waals surface area contributed by atoms with E-state index in [9.17, 15) is 18.0 Å². The van der Waals surface area contributed by atoms with Gasteiger partial charge in [-0.2, -0.15) is 13.2 Å². The van der Waals surface area contributed by atoms with Crippen LogP contribution in [0.25, 0.3) is 17.1 Å². The van der Waals surface area contributed by atoms with E-state index < -0.39 is 11.7 Å². The summed E-state index contributed by atoms with van der Waals surface area (Å²) in [6, 6.07) is 14.4. The third-order valence-corrected chi connectivity index (χ3v) is 7.01. The van der Waals surface area contributed by atoms with E-state index in [2.05, 4.69) is 17.1 Å². The van der Waals surface area contributed by atoms with Crippen molar-refractivity contribution in [3.63, 3.8) is 0 Å². The summed E-state index contributed by atoms with van der Waals surface area (Å²) in [6.07, 6.45) is -1.25. The Morgan fingerprint density at radius 3 is 2.50 bits per heavy atom. The molecule has 1 fully saturated rings. The van der Waals surface area contributed by atoms with Crippen LogP contribution in [0.3, 0.4) is 0 Å². The number of carbonyl (C=O) groups is 1. The minimum absolute atomic E-state index is 0.164. The lowest BCUT2D eigenvalue weighted by Crippen LogP contribution is -2.37. The Morgan fingerprint density at radius 2 is 1.79 bits per heavy atom. The summed E-state index contributed by atoms with van der Waals surface area (Å²) < 4.78 is 41.7. The zero-order chi connectivity index (χ0) is 24.1. The van der Waals surface area contributed by atoms with Crippen molar-refractivity contribution in [2.45, 2.75) is 43.9 Å². The van der Waals surface area contributed by atoms with Crippen molar-refractivity contribution < 1.29 is 18.0 Å². The third-order valence-electron chi connectivity index (χ3n) is 6.00. The molecule has 0 N–H and O–H groups in total. The minimum Gasteiger partial charge on any atom is -0.343 e. The van der Waals surface area contributed by atoms with Crippen molar-refractivity contribution in [1.29, 1.82) is 0 Å². The van der Waals surface area contributed by atoms with E-state index >= 15 is 0 Å². The summed E-state index contributed by atoms with van der Waals surface area (Å²) in [4.78, 5) is 14.4. The first-order chi connectivity index (χ1) is 16.3. The van der Waals surface area contributed by atoms with E-state index in [1.807, 2.05) is 35.2 Å². The van der Waals surface area contributed by atoms with E-state index in [0.717, 1.165) is 43.6 Å². The van der Waals surface area contributed by atoms with Crippen LogP contribution < -0.4 is 0 Å². The fourth-order valence-electron chi connectivity index (χ4n) is 3.99. The predicted octanol–water partition coefficient (Wildman–Crippen LogP) is 6.08. The molecule has 1 aliphatic rings. The largest absolute Gasteiger partial charge is 0.416 e. The number of amides is 1. The number of carbonyl (C=O) groups excluding carboxylic acids is 1. The van der Waals surface area contributed by atoms with Crippen LogP contribution in [0.15, 0.2) is 59.8 Å². The zero-order valence-electron chi connectivity index (χ0n) is 19.0. The molecular weight excluding hydrogens is 461 g/mol. The fraction of sp³-hybridized carbons (Fsp3) is 0.400. The Hall–Kier alpha value is -2.81. The lowest BCUT2D eigenvalue weighted by Gasteiger charge is -2.30. The molecule has 0 radical (unpaired) electrons. The highest BCUT2D eigenvalue weighted by molar-refractivity contribution is 7.99. The standard InChI is InChI=1S/C25H27F3N4OS/c1-18-12-14-31(15-13-18)22(33)11-6-16-34-24-30-29-23(19-7-3-2-4-8-19)32(24)21-10-5-9-20(17-21)25(26,27)28/h2-5,7-10,17-18H,6,11-16H2,1H3. The Bertz CT molecular complexity index is 1110. The molecule has 180 valence electrons. The van der Waals surface area contributed by atoms with Crippen LogP contribution in [0, 0.1) is 5.92 Å². The number of aromatic nitrogens is 3. The molecule has 1 aromatic heterocycles. The van der Waals surface area contributed by atoms with E-state index in [1.54, 1.807) is 10.6 Å². The average Bonchev–Trinajstić information content (AvgIpc) is 3.26. The molecule has 3 aromatic rings. The maximum atomic E-state index is 13.4. The number of nitrogens with zero attached hydrogens (tertiary/aromatic N) is 4. The number of likely N-dealkylation sites (tertiary alicyclic amines) is 1. The van der Waals surface area contributed by atoms with E-state index in [0.29, 0.717) is 41.2 Å². The maximum absolute atomic E-state index is 13.4. The van der Waals surface area contributed by atoms with Crippen LogP contribution >= 0.6 is 11.8 Å². The van der Waals surface area contributed by atoms with Gasteiger partial charge in [0, 0.05) is 30.8 Å². The Kier molecular flexibility index (Phi) is 7.60. The van der Waals surface area contributed by atoms with Crippen molar-refractivity contribution >= 4 is 17.7 Å². The number of thioether (sulfide) groups is 1. The molecule has 0 unspecified atom stereocenters. The summed E-state index contributed by atoms with van der Waals surface area (Å²) in [5.74, 6) is 1.92. The number of hydrogen-bond acceptors (Lipinski definition) is 4. The molecule has 5 nitrogen and oxygen atoms in total. The maximum Gasteiger partial charge on any atom is 0.416 e. The van der Waals surface area contributed by atoms with Gasteiger partial charge in [0.05, 0.1) is 11.3 Å². The highest BCUT2D eigenvalue weighted by atomic mass is 32.2. The highest BCUT2D eigenvalue weighted by Crippen LogP contribution is 2.33. The van der Waals surface area contributed by atoms with Crippen LogP contribution in [-0.2, 0) is 11.0 Å². The van der Waals surface area contributed by atoms with Crippen molar-refractivity contribution in [2.24, 2.45) is 5.92 Å². The molecule has 9 heteroatoms. The van der Waals surface area contributed by atoms with Gasteiger partial charge in [0.1, 0.15) is 0 Å². The zero-order valence-corrected chi connectivity index (χ0v) is 19.8. The van der Waals surface area contributed by atoms with E-state index in [1.165, 1.54) is 17.8 Å². The first-order valence-electron chi connectivity index (χ1n) is 11.4. The summed E-state index contributed by atoms with van der Waals surface area (Å²) in [7, 11) is 0. The predicted molar refractivity (Wildman–Crippen MR) is 127 cm³/mol. The summed E-state index contributed by atoms with van der Waals surface area (Å²) in [5.41, 5.74) is 0.378. The van der Waals surface area contributed by atoms with Gasteiger partial charge in [-0.05, 0) is 43.4 Å². The lowest BCUT2D eigenvalue weighted by molar-refractivity contribution is -0.137. The van der Waals surface area contributed by atoms with Gasteiger partial charge < -0.3 is 4.90 Å². The average molecular weight is 489 g/mol.